The lowest BCUT2D eigenvalue weighted by atomic mass is 10.1. The summed E-state index contributed by atoms with van der Waals surface area (Å²) in [7, 11) is 0. The summed E-state index contributed by atoms with van der Waals surface area (Å²) >= 11 is 0. The molecule has 24 heavy (non-hydrogen) atoms. The van der Waals surface area contributed by atoms with Crippen molar-refractivity contribution in [3.63, 3.8) is 0 Å². The molecule has 1 atom stereocenters. The highest BCUT2D eigenvalue weighted by Gasteiger charge is 2.20. The van der Waals surface area contributed by atoms with E-state index in [1.807, 2.05) is 55.5 Å². The molecule has 126 valence electrons. The quantitative estimate of drug-likeness (QED) is 0.781. The van der Waals surface area contributed by atoms with E-state index in [2.05, 4.69) is 5.32 Å². The van der Waals surface area contributed by atoms with Gasteiger partial charge in [-0.25, -0.2) is 4.79 Å². The summed E-state index contributed by atoms with van der Waals surface area (Å²) in [5.74, 6) is -0.879. The number of aryl methyl sites for hydroxylation is 1. The fourth-order valence-electron chi connectivity index (χ4n) is 2.37. The molecule has 1 amide bonds. The lowest BCUT2D eigenvalue weighted by Gasteiger charge is -2.15. The molecule has 0 aliphatic heterocycles. The molecule has 0 saturated carbocycles. The fourth-order valence-corrected chi connectivity index (χ4v) is 2.37. The second-order valence-corrected chi connectivity index (χ2v) is 5.40. The number of nitrogens with one attached hydrogen (secondary N) is 1. The third kappa shape index (κ3) is 5.12. The van der Waals surface area contributed by atoms with Gasteiger partial charge in [-0.05, 0) is 23.6 Å². The van der Waals surface area contributed by atoms with Crippen LogP contribution in [0.1, 0.15) is 18.1 Å². The Morgan fingerprint density at radius 1 is 1.08 bits per heavy atom. The van der Waals surface area contributed by atoms with Crippen LogP contribution in [-0.2, 0) is 22.4 Å². The zero-order valence-corrected chi connectivity index (χ0v) is 13.6. The standard InChI is InChI=1S/C19H21NO4/c1-2-15-10-6-7-11-17(15)24-13-18(21)20-16(19(22)23)12-14-8-4-3-5-9-14/h3-11,16H,2,12-13H2,1H3,(H,20,21)(H,22,23)/t16-/m1/s1. The zero-order chi connectivity index (χ0) is 17.4. The Labute approximate surface area is 141 Å². The van der Waals surface area contributed by atoms with Gasteiger partial charge in [0.25, 0.3) is 5.91 Å². The first-order valence-electron chi connectivity index (χ1n) is 7.87. The number of hydrogen-bond acceptors (Lipinski definition) is 3. The molecule has 0 aromatic heterocycles. The first-order valence-corrected chi connectivity index (χ1v) is 7.87. The van der Waals surface area contributed by atoms with Gasteiger partial charge in [0.15, 0.2) is 6.61 Å². The molecule has 0 spiro atoms. The van der Waals surface area contributed by atoms with E-state index in [1.54, 1.807) is 6.07 Å². The van der Waals surface area contributed by atoms with E-state index < -0.39 is 17.9 Å². The molecule has 0 saturated heterocycles. The zero-order valence-electron chi connectivity index (χ0n) is 13.6. The highest BCUT2D eigenvalue weighted by Crippen LogP contribution is 2.18. The predicted octanol–water partition coefficient (Wildman–Crippen LogP) is 2.44. The largest absolute Gasteiger partial charge is 0.483 e. The predicted molar refractivity (Wildman–Crippen MR) is 91.0 cm³/mol. The van der Waals surface area contributed by atoms with Crippen molar-refractivity contribution in [2.24, 2.45) is 0 Å². The Morgan fingerprint density at radius 2 is 1.75 bits per heavy atom. The minimum absolute atomic E-state index is 0.213. The Hall–Kier alpha value is -2.82. The number of para-hydroxylation sites is 1. The number of rotatable bonds is 8. The van der Waals surface area contributed by atoms with Crippen LogP contribution in [0.5, 0.6) is 5.75 Å². The summed E-state index contributed by atoms with van der Waals surface area (Å²) in [5.41, 5.74) is 1.85. The van der Waals surface area contributed by atoms with Gasteiger partial charge in [0.1, 0.15) is 11.8 Å². The van der Waals surface area contributed by atoms with E-state index in [1.165, 1.54) is 0 Å². The van der Waals surface area contributed by atoms with Crippen molar-refractivity contribution in [2.75, 3.05) is 6.61 Å². The van der Waals surface area contributed by atoms with Crippen molar-refractivity contribution in [1.29, 1.82) is 0 Å². The monoisotopic (exact) mass is 327 g/mol. The molecular formula is C19H21NO4. The Balaban J connectivity index is 1.92. The first-order chi connectivity index (χ1) is 11.6. The van der Waals surface area contributed by atoms with Crippen molar-refractivity contribution in [1.82, 2.24) is 5.32 Å². The van der Waals surface area contributed by atoms with Crippen LogP contribution in [0, 0.1) is 0 Å². The van der Waals surface area contributed by atoms with Gasteiger partial charge in [-0.3, -0.25) is 4.79 Å². The summed E-state index contributed by atoms with van der Waals surface area (Å²) in [6, 6.07) is 15.7. The fraction of sp³-hybridized carbons (Fsp3) is 0.263. The number of carbonyl (C=O) groups excluding carboxylic acids is 1. The minimum atomic E-state index is -1.07. The van der Waals surface area contributed by atoms with E-state index in [0.29, 0.717) is 5.75 Å². The summed E-state index contributed by atoms with van der Waals surface area (Å²) in [6.07, 6.45) is 1.02. The van der Waals surface area contributed by atoms with E-state index in [0.717, 1.165) is 17.5 Å². The maximum Gasteiger partial charge on any atom is 0.326 e. The first kappa shape index (κ1) is 17.5. The number of ether oxygens (including phenoxy) is 1. The number of benzene rings is 2. The molecule has 2 N–H and O–H groups in total. The molecule has 2 aromatic carbocycles. The van der Waals surface area contributed by atoms with Crippen LogP contribution in [0.25, 0.3) is 0 Å². The SMILES string of the molecule is CCc1ccccc1OCC(=O)N[C@H](Cc1ccccc1)C(=O)O. The van der Waals surface area contributed by atoms with Crippen LogP contribution in [0.4, 0.5) is 0 Å². The maximum absolute atomic E-state index is 12.0. The highest BCUT2D eigenvalue weighted by molar-refractivity contribution is 5.84. The number of hydrogen-bond donors (Lipinski definition) is 2. The molecule has 5 nitrogen and oxygen atoms in total. The number of carboxylic acid groups (broad SMARTS) is 1. The molecule has 0 bridgehead atoms. The summed E-state index contributed by atoms with van der Waals surface area (Å²) in [5, 5.41) is 11.8. The number of aliphatic carboxylic acids is 1. The Kier molecular flexibility index (Phi) is 6.37. The Bertz CT molecular complexity index is 685. The van der Waals surface area contributed by atoms with Crippen LogP contribution in [0.15, 0.2) is 54.6 Å². The summed E-state index contributed by atoms with van der Waals surface area (Å²) in [4.78, 5) is 23.4. The molecule has 0 unspecified atom stereocenters. The topological polar surface area (TPSA) is 75.6 Å². The van der Waals surface area contributed by atoms with Gasteiger partial charge >= 0.3 is 5.97 Å². The van der Waals surface area contributed by atoms with Crippen LogP contribution in [0.2, 0.25) is 0 Å². The van der Waals surface area contributed by atoms with Crippen LogP contribution in [0.3, 0.4) is 0 Å². The third-order valence-electron chi connectivity index (χ3n) is 3.63. The van der Waals surface area contributed by atoms with Gasteiger partial charge in [0, 0.05) is 6.42 Å². The average Bonchev–Trinajstić information content (AvgIpc) is 2.60. The number of carbonyl (C=O) groups is 2. The van der Waals surface area contributed by atoms with Crippen LogP contribution in [-0.4, -0.2) is 29.6 Å². The maximum atomic E-state index is 12.0. The smallest absolute Gasteiger partial charge is 0.326 e. The highest BCUT2D eigenvalue weighted by atomic mass is 16.5. The molecule has 0 aliphatic carbocycles. The third-order valence-corrected chi connectivity index (χ3v) is 3.63. The van der Waals surface area contributed by atoms with Gasteiger partial charge in [-0.1, -0.05) is 55.5 Å². The minimum Gasteiger partial charge on any atom is -0.483 e. The number of amides is 1. The van der Waals surface area contributed by atoms with Crippen LogP contribution < -0.4 is 10.1 Å². The second kappa shape index (κ2) is 8.72. The number of carboxylic acids is 1. The molecule has 0 aliphatic rings. The average molecular weight is 327 g/mol. The van der Waals surface area contributed by atoms with E-state index in [-0.39, 0.29) is 13.0 Å². The normalized spacial score (nSPS) is 11.5. The van der Waals surface area contributed by atoms with E-state index in [9.17, 15) is 14.7 Å². The van der Waals surface area contributed by atoms with Gasteiger partial charge in [-0.2, -0.15) is 0 Å². The lowest BCUT2D eigenvalue weighted by Crippen LogP contribution is -2.44. The van der Waals surface area contributed by atoms with Crippen molar-refractivity contribution in [3.8, 4) is 5.75 Å². The molecule has 2 rings (SSSR count). The van der Waals surface area contributed by atoms with Gasteiger partial charge in [-0.15, -0.1) is 0 Å². The Morgan fingerprint density at radius 3 is 2.42 bits per heavy atom. The summed E-state index contributed by atoms with van der Waals surface area (Å²) in [6.45, 7) is 1.79. The van der Waals surface area contributed by atoms with E-state index in [4.69, 9.17) is 4.74 Å². The summed E-state index contributed by atoms with van der Waals surface area (Å²) < 4.78 is 5.52. The van der Waals surface area contributed by atoms with Gasteiger partial charge in [0.2, 0.25) is 0 Å². The molecule has 2 aromatic rings. The second-order valence-electron chi connectivity index (χ2n) is 5.40. The molecule has 0 heterocycles. The molecule has 0 radical (unpaired) electrons. The molecule has 5 heteroatoms. The van der Waals surface area contributed by atoms with Gasteiger partial charge < -0.3 is 15.2 Å². The van der Waals surface area contributed by atoms with Crippen molar-refractivity contribution >= 4 is 11.9 Å². The molecular weight excluding hydrogens is 306 g/mol. The van der Waals surface area contributed by atoms with Crippen molar-refractivity contribution in [3.05, 3.63) is 65.7 Å². The van der Waals surface area contributed by atoms with Crippen molar-refractivity contribution in [2.45, 2.75) is 25.8 Å². The lowest BCUT2D eigenvalue weighted by molar-refractivity contribution is -0.142. The van der Waals surface area contributed by atoms with E-state index >= 15 is 0 Å². The van der Waals surface area contributed by atoms with Gasteiger partial charge in [0.05, 0.1) is 0 Å². The van der Waals surface area contributed by atoms with Crippen molar-refractivity contribution < 1.29 is 19.4 Å². The van der Waals surface area contributed by atoms with Crippen LogP contribution >= 0.6 is 0 Å². The molecule has 0 fully saturated rings.